The Balaban J connectivity index is 1.67. The lowest BCUT2D eigenvalue weighted by Gasteiger charge is -2.30. The summed E-state index contributed by atoms with van der Waals surface area (Å²) in [6, 6.07) is 20.2. The van der Waals surface area contributed by atoms with Gasteiger partial charge in [0.25, 0.3) is 0 Å². The van der Waals surface area contributed by atoms with Gasteiger partial charge in [0.2, 0.25) is 0 Å². The highest BCUT2D eigenvalue weighted by molar-refractivity contribution is 5.87. The molecule has 1 N–H and O–H groups in total. The Bertz CT molecular complexity index is 1550. The molecule has 1 saturated carbocycles. The smallest absolute Gasteiger partial charge is 0.333 e. The predicted octanol–water partition coefficient (Wildman–Crippen LogP) is 9.36. The van der Waals surface area contributed by atoms with Crippen LogP contribution in [0.4, 0.5) is 0 Å². The first-order valence-electron chi connectivity index (χ1n) is 17.6. The van der Waals surface area contributed by atoms with E-state index in [1.54, 1.807) is 13.8 Å². The molecule has 3 aromatic carbocycles. The van der Waals surface area contributed by atoms with E-state index in [2.05, 4.69) is 44.3 Å². The first-order chi connectivity index (χ1) is 23.7. The molecule has 0 unspecified atom stereocenters. The Labute approximate surface area is 291 Å². The number of esters is 2. The molecule has 0 spiro atoms. The molecular weight excluding hydrogens is 616 g/mol. The zero-order valence-electron chi connectivity index (χ0n) is 29.4. The van der Waals surface area contributed by atoms with Gasteiger partial charge in [-0.05, 0) is 91.8 Å². The summed E-state index contributed by atoms with van der Waals surface area (Å²) in [4.78, 5) is 24.6. The number of aliphatic hydroxyl groups is 1. The summed E-state index contributed by atoms with van der Waals surface area (Å²) in [6.45, 7) is 13.4. The second kappa shape index (κ2) is 19.0. The number of unbranched alkanes of at least 4 members (excludes halogenated alkanes) is 2. The van der Waals surface area contributed by atoms with Crippen molar-refractivity contribution in [2.45, 2.75) is 84.7 Å². The maximum Gasteiger partial charge on any atom is 0.333 e. The number of aliphatic hydroxyl groups excluding tert-OH is 1. The molecule has 4 rings (SSSR count). The number of hydrogen-bond donors (Lipinski definition) is 1. The molecule has 0 heterocycles. The maximum absolute atomic E-state index is 12.6. The molecule has 0 aromatic heterocycles. The number of benzene rings is 3. The van der Waals surface area contributed by atoms with E-state index >= 15 is 0 Å². The summed E-state index contributed by atoms with van der Waals surface area (Å²) in [7, 11) is 0. The van der Waals surface area contributed by atoms with E-state index in [0.717, 1.165) is 46.6 Å². The van der Waals surface area contributed by atoms with Crippen molar-refractivity contribution < 1.29 is 33.6 Å². The van der Waals surface area contributed by atoms with Gasteiger partial charge in [-0.25, -0.2) is 9.59 Å². The highest BCUT2D eigenvalue weighted by Crippen LogP contribution is 2.43. The largest absolute Gasteiger partial charge is 0.491 e. The van der Waals surface area contributed by atoms with Crippen LogP contribution >= 0.6 is 0 Å². The van der Waals surface area contributed by atoms with E-state index in [1.165, 1.54) is 44.1 Å². The van der Waals surface area contributed by atoms with Crippen LogP contribution in [-0.2, 0) is 25.7 Å². The Morgan fingerprint density at radius 3 is 1.98 bits per heavy atom. The van der Waals surface area contributed by atoms with Crippen molar-refractivity contribution in [1.82, 2.24) is 0 Å². The normalized spacial score (nSPS) is 15.7. The molecule has 0 amide bonds. The van der Waals surface area contributed by atoms with E-state index < -0.39 is 11.9 Å². The Kier molecular flexibility index (Phi) is 14.5. The Morgan fingerprint density at radius 1 is 0.755 bits per heavy atom. The van der Waals surface area contributed by atoms with Crippen LogP contribution < -0.4 is 9.47 Å². The van der Waals surface area contributed by atoms with Gasteiger partial charge in [0.1, 0.15) is 37.9 Å². The van der Waals surface area contributed by atoms with Crippen molar-refractivity contribution in [2.75, 3.05) is 26.4 Å². The first kappa shape index (κ1) is 37.5. The number of hydrogen-bond acceptors (Lipinski definition) is 7. The fourth-order valence-corrected chi connectivity index (χ4v) is 6.37. The van der Waals surface area contributed by atoms with Crippen LogP contribution in [0.3, 0.4) is 0 Å². The molecule has 0 atom stereocenters. The number of carbonyl (C=O) groups excluding carboxylic acids is 2. The number of rotatable bonds is 18. The monoisotopic (exact) mass is 668 g/mol. The minimum absolute atomic E-state index is 0.0375. The lowest BCUT2D eigenvalue weighted by Crippen LogP contribution is -2.15. The SMILES string of the molecule is C=C(C)C(=O)OCCOc1cc(C2CCC(CCCCC)CC2)cc(COC(=O)C(=C)C)c1-c1ccc(-c2ccc(OCCO)cc2)cc1. The van der Waals surface area contributed by atoms with Crippen LogP contribution in [0.25, 0.3) is 22.3 Å². The standard InChI is InChI=1S/C42H52O7/c1-6-7-8-9-31-10-12-34(13-11-31)36-26-37(28-49-42(45)30(4)5)40(39(27-36)47-24-25-48-41(44)29(2)3)35-16-14-32(15-17-35)33-18-20-38(21-19-33)46-23-22-43/h14-21,26-27,31,34,43H,2,4,6-13,22-25,28H2,1,3,5H3. The minimum Gasteiger partial charge on any atom is -0.491 e. The molecule has 7 heteroatoms. The van der Waals surface area contributed by atoms with Crippen LogP contribution in [0.1, 0.15) is 89.2 Å². The van der Waals surface area contributed by atoms with E-state index in [0.29, 0.717) is 28.6 Å². The van der Waals surface area contributed by atoms with Gasteiger partial charge in [0.15, 0.2) is 0 Å². The molecule has 1 aliphatic rings. The molecular formula is C42H52O7. The first-order valence-corrected chi connectivity index (χ1v) is 17.6. The summed E-state index contributed by atoms with van der Waals surface area (Å²) < 4.78 is 23.0. The molecule has 1 aliphatic carbocycles. The van der Waals surface area contributed by atoms with Gasteiger partial charge in [-0.1, -0.05) is 88.2 Å². The van der Waals surface area contributed by atoms with Crippen molar-refractivity contribution in [3.8, 4) is 33.8 Å². The summed E-state index contributed by atoms with van der Waals surface area (Å²) >= 11 is 0. The topological polar surface area (TPSA) is 91.3 Å². The van der Waals surface area contributed by atoms with Crippen molar-refractivity contribution in [3.63, 3.8) is 0 Å². The van der Waals surface area contributed by atoms with Gasteiger partial charge >= 0.3 is 11.9 Å². The van der Waals surface area contributed by atoms with Gasteiger partial charge in [-0.3, -0.25) is 0 Å². The quantitative estimate of drug-likeness (QED) is 0.0821. The van der Waals surface area contributed by atoms with Crippen LogP contribution in [0.15, 0.2) is 85.0 Å². The molecule has 7 nitrogen and oxygen atoms in total. The highest BCUT2D eigenvalue weighted by atomic mass is 16.6. The van der Waals surface area contributed by atoms with E-state index in [9.17, 15) is 9.59 Å². The van der Waals surface area contributed by atoms with Gasteiger partial charge in [0, 0.05) is 22.3 Å². The lowest BCUT2D eigenvalue weighted by atomic mass is 9.76. The molecule has 1 fully saturated rings. The Hall–Kier alpha value is -4.36. The molecule has 0 aliphatic heterocycles. The van der Waals surface area contributed by atoms with Gasteiger partial charge in [-0.2, -0.15) is 0 Å². The summed E-state index contributed by atoms with van der Waals surface area (Å²) in [6.07, 6.45) is 9.77. The Morgan fingerprint density at radius 2 is 1.37 bits per heavy atom. The zero-order valence-corrected chi connectivity index (χ0v) is 29.4. The molecule has 0 saturated heterocycles. The third-order valence-corrected chi connectivity index (χ3v) is 9.09. The fraction of sp³-hybridized carbons (Fsp3) is 0.429. The lowest BCUT2D eigenvalue weighted by molar-refractivity contribution is -0.140. The maximum atomic E-state index is 12.6. The predicted molar refractivity (Wildman–Crippen MR) is 195 cm³/mol. The van der Waals surface area contributed by atoms with Crippen LogP contribution in [0.5, 0.6) is 11.5 Å². The average molecular weight is 669 g/mol. The zero-order chi connectivity index (χ0) is 35.2. The average Bonchev–Trinajstić information content (AvgIpc) is 3.11. The van der Waals surface area contributed by atoms with E-state index in [1.807, 2.05) is 36.4 Å². The third-order valence-electron chi connectivity index (χ3n) is 9.09. The van der Waals surface area contributed by atoms with Crippen molar-refractivity contribution in [1.29, 1.82) is 0 Å². The van der Waals surface area contributed by atoms with Crippen LogP contribution in [-0.4, -0.2) is 43.5 Å². The molecule has 262 valence electrons. The summed E-state index contributed by atoms with van der Waals surface area (Å²) in [5.41, 5.74) is 6.49. The van der Waals surface area contributed by atoms with Gasteiger partial charge < -0.3 is 24.1 Å². The minimum atomic E-state index is -0.454. The third kappa shape index (κ3) is 11.1. The number of ether oxygens (including phenoxy) is 4. The second-order valence-corrected chi connectivity index (χ2v) is 13.1. The highest BCUT2D eigenvalue weighted by Gasteiger charge is 2.25. The summed E-state index contributed by atoms with van der Waals surface area (Å²) in [5, 5.41) is 9.05. The molecule has 49 heavy (non-hydrogen) atoms. The van der Waals surface area contributed by atoms with Crippen molar-refractivity contribution in [3.05, 3.63) is 96.1 Å². The van der Waals surface area contributed by atoms with Gasteiger partial charge in [-0.15, -0.1) is 0 Å². The van der Waals surface area contributed by atoms with E-state index in [-0.39, 0.29) is 33.0 Å². The van der Waals surface area contributed by atoms with Crippen molar-refractivity contribution in [2.24, 2.45) is 5.92 Å². The van der Waals surface area contributed by atoms with Crippen LogP contribution in [0.2, 0.25) is 0 Å². The fourth-order valence-electron chi connectivity index (χ4n) is 6.37. The molecule has 0 radical (unpaired) electrons. The molecule has 3 aromatic rings. The van der Waals surface area contributed by atoms with Crippen molar-refractivity contribution >= 4 is 11.9 Å². The second-order valence-electron chi connectivity index (χ2n) is 13.1. The van der Waals surface area contributed by atoms with E-state index in [4.69, 9.17) is 24.1 Å². The molecule has 0 bridgehead atoms. The van der Waals surface area contributed by atoms with Gasteiger partial charge in [0.05, 0.1) is 6.61 Å². The number of carbonyl (C=O) groups is 2. The summed E-state index contributed by atoms with van der Waals surface area (Å²) in [5.74, 6) is 1.61. The van der Waals surface area contributed by atoms with Crippen LogP contribution in [0, 0.1) is 5.92 Å².